The number of benzene rings is 1. The van der Waals surface area contributed by atoms with Gasteiger partial charge in [-0.15, -0.1) is 11.3 Å². The zero-order chi connectivity index (χ0) is 13.1. The maximum Gasteiger partial charge on any atom is 0.253 e. The van der Waals surface area contributed by atoms with Crippen LogP contribution in [0.3, 0.4) is 0 Å². The summed E-state index contributed by atoms with van der Waals surface area (Å²) in [6.07, 6.45) is 0. The van der Waals surface area contributed by atoms with Crippen molar-refractivity contribution in [3.8, 4) is 0 Å². The quantitative estimate of drug-likeness (QED) is 0.848. The molecule has 3 N–H and O–H groups in total. The molecule has 0 aliphatic rings. The number of halogens is 1. The van der Waals surface area contributed by atoms with Crippen LogP contribution in [0.5, 0.6) is 0 Å². The Morgan fingerprint density at radius 3 is 2.83 bits per heavy atom. The predicted octanol–water partition coefficient (Wildman–Crippen LogP) is 3.22. The molecule has 0 saturated carbocycles. The van der Waals surface area contributed by atoms with E-state index in [9.17, 15) is 4.79 Å². The van der Waals surface area contributed by atoms with E-state index in [1.807, 2.05) is 18.4 Å². The van der Waals surface area contributed by atoms with Gasteiger partial charge in [0.25, 0.3) is 5.91 Å². The van der Waals surface area contributed by atoms with Gasteiger partial charge in [-0.05, 0) is 42.1 Å². The van der Waals surface area contributed by atoms with E-state index in [0.717, 1.165) is 4.88 Å². The summed E-state index contributed by atoms with van der Waals surface area (Å²) >= 11 is 7.42. The number of nitrogens with one attached hydrogen (secondary N) is 1. The molecule has 0 unspecified atom stereocenters. The molecular formula is C13H13ClN2OS. The zero-order valence-corrected chi connectivity index (χ0v) is 11.4. The lowest BCUT2D eigenvalue weighted by molar-refractivity contribution is 0.0952. The molecule has 0 aliphatic heterocycles. The molecule has 3 nitrogen and oxygen atoms in total. The molecular weight excluding hydrogens is 268 g/mol. The van der Waals surface area contributed by atoms with Gasteiger partial charge < -0.3 is 11.1 Å². The van der Waals surface area contributed by atoms with E-state index in [1.165, 1.54) is 5.56 Å². The fourth-order valence-corrected chi connectivity index (χ4v) is 2.61. The highest BCUT2D eigenvalue weighted by atomic mass is 35.5. The molecule has 18 heavy (non-hydrogen) atoms. The molecule has 1 aromatic heterocycles. The van der Waals surface area contributed by atoms with Crippen molar-refractivity contribution >= 4 is 34.5 Å². The van der Waals surface area contributed by atoms with Gasteiger partial charge in [0.15, 0.2) is 0 Å². The molecule has 2 aromatic rings. The van der Waals surface area contributed by atoms with Crippen molar-refractivity contribution in [3.63, 3.8) is 0 Å². The Balaban J connectivity index is 2.06. The second-order valence-electron chi connectivity index (χ2n) is 3.94. The van der Waals surface area contributed by atoms with Crippen molar-refractivity contribution in [3.05, 3.63) is 50.7 Å². The number of hydrogen-bond acceptors (Lipinski definition) is 3. The number of anilines is 1. The summed E-state index contributed by atoms with van der Waals surface area (Å²) in [7, 11) is 0. The Morgan fingerprint density at radius 1 is 1.44 bits per heavy atom. The van der Waals surface area contributed by atoms with Crippen molar-refractivity contribution in [1.29, 1.82) is 0 Å². The van der Waals surface area contributed by atoms with Gasteiger partial charge in [0.05, 0.1) is 12.1 Å². The number of hydrogen-bond donors (Lipinski definition) is 2. The molecule has 2 rings (SSSR count). The van der Waals surface area contributed by atoms with Crippen molar-refractivity contribution in [1.82, 2.24) is 5.32 Å². The summed E-state index contributed by atoms with van der Waals surface area (Å²) in [4.78, 5) is 13.1. The Labute approximate surface area is 115 Å². The molecule has 0 aliphatic carbocycles. The number of aryl methyl sites for hydroxylation is 1. The van der Waals surface area contributed by atoms with E-state index in [-0.39, 0.29) is 5.91 Å². The Hall–Kier alpha value is -1.52. The topological polar surface area (TPSA) is 55.1 Å². The van der Waals surface area contributed by atoms with Crippen LogP contribution in [-0.2, 0) is 6.54 Å². The average Bonchev–Trinajstić information content (AvgIpc) is 2.72. The highest BCUT2D eigenvalue weighted by Gasteiger charge is 2.10. The Morgan fingerprint density at radius 2 is 2.22 bits per heavy atom. The van der Waals surface area contributed by atoms with E-state index in [2.05, 4.69) is 5.32 Å². The lowest BCUT2D eigenvalue weighted by atomic mass is 10.1. The summed E-state index contributed by atoms with van der Waals surface area (Å²) in [6.45, 7) is 2.54. The number of nitrogens with two attached hydrogens (primary N) is 1. The first kappa shape index (κ1) is 12.9. The largest absolute Gasteiger partial charge is 0.398 e. The van der Waals surface area contributed by atoms with Gasteiger partial charge in [-0.1, -0.05) is 11.6 Å². The van der Waals surface area contributed by atoms with E-state index in [1.54, 1.807) is 29.5 Å². The summed E-state index contributed by atoms with van der Waals surface area (Å²) in [6, 6.07) is 6.90. The molecule has 0 radical (unpaired) electrons. The molecule has 1 amide bonds. The average molecular weight is 281 g/mol. The third-order valence-electron chi connectivity index (χ3n) is 2.64. The monoisotopic (exact) mass is 280 g/mol. The van der Waals surface area contributed by atoms with E-state index in [0.29, 0.717) is 22.8 Å². The SMILES string of the molecule is Cc1ccsc1CNC(=O)c1ccc(Cl)cc1N. The second kappa shape index (κ2) is 5.42. The standard InChI is InChI=1S/C13H13ClN2OS/c1-8-4-5-18-12(8)7-16-13(17)10-3-2-9(14)6-11(10)15/h2-6H,7,15H2,1H3,(H,16,17). The fraction of sp³-hybridized carbons (Fsp3) is 0.154. The minimum atomic E-state index is -0.183. The molecule has 0 fully saturated rings. The summed E-state index contributed by atoms with van der Waals surface area (Å²) < 4.78 is 0. The number of rotatable bonds is 3. The van der Waals surface area contributed by atoms with Crippen LogP contribution < -0.4 is 11.1 Å². The summed E-state index contributed by atoms with van der Waals surface area (Å²) in [5.74, 6) is -0.183. The van der Waals surface area contributed by atoms with Gasteiger partial charge in [-0.25, -0.2) is 0 Å². The van der Waals surface area contributed by atoms with Gasteiger partial charge in [0.2, 0.25) is 0 Å². The minimum Gasteiger partial charge on any atom is -0.398 e. The molecule has 94 valence electrons. The first-order chi connectivity index (χ1) is 8.58. The Kier molecular flexibility index (Phi) is 3.89. The fourth-order valence-electron chi connectivity index (χ4n) is 1.58. The maximum atomic E-state index is 12.0. The molecule has 0 atom stereocenters. The molecule has 0 saturated heterocycles. The van der Waals surface area contributed by atoms with Crippen LogP contribution in [0.4, 0.5) is 5.69 Å². The first-order valence-electron chi connectivity index (χ1n) is 5.44. The molecule has 0 bridgehead atoms. The van der Waals surface area contributed by atoms with Gasteiger partial charge >= 0.3 is 0 Å². The Bertz CT molecular complexity index is 580. The van der Waals surface area contributed by atoms with E-state index >= 15 is 0 Å². The smallest absolute Gasteiger partial charge is 0.253 e. The van der Waals surface area contributed by atoms with Gasteiger partial charge in [0.1, 0.15) is 0 Å². The van der Waals surface area contributed by atoms with Crippen LogP contribution in [-0.4, -0.2) is 5.91 Å². The normalized spacial score (nSPS) is 10.3. The minimum absolute atomic E-state index is 0.183. The summed E-state index contributed by atoms with van der Waals surface area (Å²) in [5.41, 5.74) is 7.79. The van der Waals surface area contributed by atoms with Crippen LogP contribution in [0.15, 0.2) is 29.6 Å². The van der Waals surface area contributed by atoms with E-state index < -0.39 is 0 Å². The predicted molar refractivity (Wildman–Crippen MR) is 76.1 cm³/mol. The number of carbonyl (C=O) groups is 1. The molecule has 0 spiro atoms. The molecule has 1 heterocycles. The highest BCUT2D eigenvalue weighted by molar-refractivity contribution is 7.10. The second-order valence-corrected chi connectivity index (χ2v) is 5.38. The van der Waals surface area contributed by atoms with E-state index in [4.69, 9.17) is 17.3 Å². The highest BCUT2D eigenvalue weighted by Crippen LogP contribution is 2.19. The lowest BCUT2D eigenvalue weighted by Crippen LogP contribution is -2.23. The first-order valence-corrected chi connectivity index (χ1v) is 6.70. The van der Waals surface area contributed by atoms with Crippen molar-refractivity contribution in [2.24, 2.45) is 0 Å². The number of amides is 1. The van der Waals surface area contributed by atoms with Crippen molar-refractivity contribution in [2.75, 3.05) is 5.73 Å². The zero-order valence-electron chi connectivity index (χ0n) is 9.87. The van der Waals surface area contributed by atoms with Crippen LogP contribution in [0.2, 0.25) is 5.02 Å². The third-order valence-corrected chi connectivity index (χ3v) is 3.89. The van der Waals surface area contributed by atoms with Crippen LogP contribution >= 0.6 is 22.9 Å². The summed E-state index contributed by atoms with van der Waals surface area (Å²) in [5, 5.41) is 5.38. The van der Waals surface area contributed by atoms with Gasteiger partial charge in [0, 0.05) is 15.6 Å². The number of carbonyl (C=O) groups excluding carboxylic acids is 1. The third kappa shape index (κ3) is 2.83. The maximum absolute atomic E-state index is 12.0. The van der Waals surface area contributed by atoms with Crippen molar-refractivity contribution < 1.29 is 4.79 Å². The number of nitrogen functional groups attached to an aromatic ring is 1. The van der Waals surface area contributed by atoms with Crippen molar-refractivity contribution in [2.45, 2.75) is 13.5 Å². The van der Waals surface area contributed by atoms with Gasteiger partial charge in [-0.2, -0.15) is 0 Å². The lowest BCUT2D eigenvalue weighted by Gasteiger charge is -2.07. The van der Waals surface area contributed by atoms with Crippen LogP contribution in [0, 0.1) is 6.92 Å². The van der Waals surface area contributed by atoms with Crippen LogP contribution in [0.25, 0.3) is 0 Å². The number of thiophene rings is 1. The van der Waals surface area contributed by atoms with Gasteiger partial charge in [-0.3, -0.25) is 4.79 Å². The molecule has 5 heteroatoms. The van der Waals surface area contributed by atoms with Crippen LogP contribution in [0.1, 0.15) is 20.8 Å². The molecule has 1 aromatic carbocycles.